The zero-order chi connectivity index (χ0) is 13.5. The maximum absolute atomic E-state index is 11.7. The van der Waals surface area contributed by atoms with Gasteiger partial charge in [-0.1, -0.05) is 24.3 Å². The Morgan fingerprint density at radius 2 is 1.85 bits per heavy atom. The van der Waals surface area contributed by atoms with E-state index in [9.17, 15) is 4.79 Å². The van der Waals surface area contributed by atoms with Gasteiger partial charge in [0.25, 0.3) is 0 Å². The van der Waals surface area contributed by atoms with Gasteiger partial charge < -0.3 is 9.40 Å². The molecular formula is C17H11NO2. The maximum atomic E-state index is 11.7. The number of hydrogen-bond donors (Lipinski definition) is 1. The fraction of sp³-hybridized carbons (Fsp3) is 0. The minimum absolute atomic E-state index is 0.326. The topological polar surface area (TPSA) is 46.0 Å². The molecule has 0 amide bonds. The number of hydrogen-bond acceptors (Lipinski definition) is 2. The van der Waals surface area contributed by atoms with Crippen LogP contribution in [0.1, 0.15) is 0 Å². The number of aromatic amines is 1. The summed E-state index contributed by atoms with van der Waals surface area (Å²) in [6.45, 7) is 0. The highest BCUT2D eigenvalue weighted by atomic mass is 16.4. The first kappa shape index (κ1) is 11.1. The number of nitrogens with one attached hydrogen (secondary N) is 1. The lowest BCUT2D eigenvalue weighted by Crippen LogP contribution is -1.97. The first-order chi connectivity index (χ1) is 9.81. The second-order valence-corrected chi connectivity index (χ2v) is 4.75. The Balaban J connectivity index is 2.08. The van der Waals surface area contributed by atoms with Crippen molar-refractivity contribution >= 4 is 21.9 Å². The summed E-state index contributed by atoms with van der Waals surface area (Å²) in [5.74, 6) is 0. The van der Waals surface area contributed by atoms with Gasteiger partial charge in [-0.2, -0.15) is 0 Å². The van der Waals surface area contributed by atoms with Crippen LogP contribution >= 0.6 is 0 Å². The summed E-state index contributed by atoms with van der Waals surface area (Å²) in [6.07, 6.45) is 1.91. The molecule has 0 radical (unpaired) electrons. The molecule has 0 spiro atoms. The van der Waals surface area contributed by atoms with Gasteiger partial charge in [0, 0.05) is 23.2 Å². The third-order valence-corrected chi connectivity index (χ3v) is 3.51. The molecule has 3 nitrogen and oxygen atoms in total. The van der Waals surface area contributed by atoms with Crippen LogP contribution in [0.25, 0.3) is 33.0 Å². The Kier molecular flexibility index (Phi) is 2.27. The zero-order valence-electron chi connectivity index (χ0n) is 10.6. The lowest BCUT2D eigenvalue weighted by atomic mass is 10.0. The molecular weight excluding hydrogens is 250 g/mol. The molecule has 0 bridgehead atoms. The monoisotopic (exact) mass is 261 g/mol. The summed E-state index contributed by atoms with van der Waals surface area (Å²) in [5, 5.41) is 2.07. The van der Waals surface area contributed by atoms with Crippen LogP contribution in [0.5, 0.6) is 0 Å². The van der Waals surface area contributed by atoms with Crippen LogP contribution in [-0.2, 0) is 0 Å². The normalized spacial score (nSPS) is 11.2. The van der Waals surface area contributed by atoms with Crippen LogP contribution in [0.3, 0.4) is 0 Å². The van der Waals surface area contributed by atoms with E-state index in [-0.39, 0.29) is 5.63 Å². The molecule has 0 fully saturated rings. The van der Waals surface area contributed by atoms with Crippen molar-refractivity contribution in [3.8, 4) is 11.1 Å². The highest BCUT2D eigenvalue weighted by Gasteiger charge is 2.08. The predicted molar refractivity (Wildman–Crippen MR) is 79.8 cm³/mol. The van der Waals surface area contributed by atoms with Crippen molar-refractivity contribution in [2.75, 3.05) is 0 Å². The number of benzene rings is 2. The number of H-pyrrole nitrogens is 1. The molecule has 0 saturated heterocycles. The Morgan fingerprint density at radius 1 is 0.950 bits per heavy atom. The number of rotatable bonds is 1. The average Bonchev–Trinajstić information content (AvgIpc) is 2.93. The largest absolute Gasteiger partial charge is 0.423 e. The minimum atomic E-state index is -0.326. The molecule has 0 aliphatic rings. The first-order valence-corrected chi connectivity index (χ1v) is 6.42. The van der Waals surface area contributed by atoms with E-state index in [0.29, 0.717) is 5.58 Å². The molecule has 2 aromatic carbocycles. The standard InChI is InChI=1S/C17H11NO2/c19-17-10-14(13-3-1-2-4-16(13)20-17)11-5-6-15-12(9-11)7-8-18-15/h1-10,18H. The highest BCUT2D eigenvalue weighted by molar-refractivity contribution is 5.95. The second-order valence-electron chi connectivity index (χ2n) is 4.75. The Hall–Kier alpha value is -2.81. The van der Waals surface area contributed by atoms with Crippen molar-refractivity contribution in [3.63, 3.8) is 0 Å². The summed E-state index contributed by atoms with van der Waals surface area (Å²) in [6, 6.07) is 17.3. The van der Waals surface area contributed by atoms with Gasteiger partial charge in [0.1, 0.15) is 5.58 Å². The fourth-order valence-electron chi connectivity index (χ4n) is 2.57. The van der Waals surface area contributed by atoms with Crippen LogP contribution in [0.2, 0.25) is 0 Å². The van der Waals surface area contributed by atoms with Crippen molar-refractivity contribution in [2.45, 2.75) is 0 Å². The quantitative estimate of drug-likeness (QED) is 0.527. The molecule has 0 saturated carbocycles. The van der Waals surface area contributed by atoms with Crippen molar-refractivity contribution in [2.24, 2.45) is 0 Å². The Bertz CT molecular complexity index is 979. The van der Waals surface area contributed by atoms with Crippen LogP contribution in [-0.4, -0.2) is 4.98 Å². The number of fused-ring (bicyclic) bond motifs is 2. The lowest BCUT2D eigenvalue weighted by Gasteiger charge is -2.05. The van der Waals surface area contributed by atoms with Crippen LogP contribution in [0.15, 0.2) is 70.0 Å². The summed E-state index contributed by atoms with van der Waals surface area (Å²) >= 11 is 0. The summed E-state index contributed by atoms with van der Waals surface area (Å²) in [7, 11) is 0. The molecule has 1 N–H and O–H groups in total. The van der Waals surface area contributed by atoms with Crippen LogP contribution in [0.4, 0.5) is 0 Å². The van der Waals surface area contributed by atoms with Gasteiger partial charge in [-0.15, -0.1) is 0 Å². The fourth-order valence-corrected chi connectivity index (χ4v) is 2.57. The second kappa shape index (κ2) is 4.10. The zero-order valence-corrected chi connectivity index (χ0v) is 10.6. The van der Waals surface area contributed by atoms with E-state index in [0.717, 1.165) is 27.4 Å². The van der Waals surface area contributed by atoms with Crippen molar-refractivity contribution in [1.29, 1.82) is 0 Å². The lowest BCUT2D eigenvalue weighted by molar-refractivity contribution is 0.561. The van der Waals surface area contributed by atoms with Crippen molar-refractivity contribution < 1.29 is 4.42 Å². The molecule has 4 aromatic rings. The van der Waals surface area contributed by atoms with E-state index in [1.54, 1.807) is 6.07 Å². The van der Waals surface area contributed by atoms with Gasteiger partial charge in [-0.3, -0.25) is 0 Å². The summed E-state index contributed by atoms with van der Waals surface area (Å²) in [4.78, 5) is 14.9. The Morgan fingerprint density at radius 3 is 2.80 bits per heavy atom. The molecule has 2 heterocycles. The van der Waals surface area contributed by atoms with Crippen LogP contribution < -0.4 is 5.63 Å². The predicted octanol–water partition coefficient (Wildman–Crippen LogP) is 3.94. The molecule has 4 rings (SSSR count). The van der Waals surface area contributed by atoms with E-state index < -0.39 is 0 Å². The van der Waals surface area contributed by atoms with E-state index in [2.05, 4.69) is 11.1 Å². The molecule has 0 aliphatic carbocycles. The Labute approximate surface area is 114 Å². The van der Waals surface area contributed by atoms with Gasteiger partial charge in [-0.05, 0) is 40.8 Å². The molecule has 2 aromatic heterocycles. The van der Waals surface area contributed by atoms with Gasteiger partial charge in [-0.25, -0.2) is 4.79 Å². The highest BCUT2D eigenvalue weighted by Crippen LogP contribution is 2.29. The smallest absolute Gasteiger partial charge is 0.336 e. The maximum Gasteiger partial charge on any atom is 0.336 e. The molecule has 96 valence electrons. The molecule has 0 unspecified atom stereocenters. The van der Waals surface area contributed by atoms with Gasteiger partial charge in [0.2, 0.25) is 0 Å². The summed E-state index contributed by atoms with van der Waals surface area (Å²) < 4.78 is 5.23. The van der Waals surface area contributed by atoms with Crippen molar-refractivity contribution in [1.82, 2.24) is 4.98 Å². The van der Waals surface area contributed by atoms with Gasteiger partial charge in [0.15, 0.2) is 0 Å². The SMILES string of the molecule is O=c1cc(-c2ccc3[nH]ccc3c2)c2ccccc2o1. The third-order valence-electron chi connectivity index (χ3n) is 3.51. The number of para-hydroxylation sites is 1. The van der Waals surface area contributed by atoms with Crippen molar-refractivity contribution in [3.05, 3.63) is 71.2 Å². The van der Waals surface area contributed by atoms with Gasteiger partial charge >= 0.3 is 5.63 Å². The minimum Gasteiger partial charge on any atom is -0.423 e. The average molecular weight is 261 g/mol. The van der Waals surface area contributed by atoms with E-state index in [4.69, 9.17) is 4.42 Å². The van der Waals surface area contributed by atoms with E-state index >= 15 is 0 Å². The third kappa shape index (κ3) is 1.64. The first-order valence-electron chi connectivity index (χ1n) is 6.42. The number of aromatic nitrogens is 1. The van der Waals surface area contributed by atoms with Crippen LogP contribution in [0, 0.1) is 0 Å². The molecule has 0 atom stereocenters. The summed E-state index contributed by atoms with van der Waals surface area (Å²) in [5.41, 5.74) is 3.29. The van der Waals surface area contributed by atoms with E-state index in [1.165, 1.54) is 0 Å². The molecule has 3 heteroatoms. The van der Waals surface area contributed by atoms with Gasteiger partial charge in [0.05, 0.1) is 0 Å². The van der Waals surface area contributed by atoms with E-state index in [1.807, 2.05) is 48.7 Å². The molecule has 20 heavy (non-hydrogen) atoms. The molecule has 0 aliphatic heterocycles.